The number of carbonyl (C=O) groups is 2. The average Bonchev–Trinajstić information content (AvgIpc) is 2.12. The fourth-order valence-corrected chi connectivity index (χ4v) is 2.16. The van der Waals surface area contributed by atoms with Gasteiger partial charge in [0.05, 0.1) is 6.61 Å². The quantitative estimate of drug-likeness (QED) is 0.706. The van der Waals surface area contributed by atoms with Crippen molar-refractivity contribution in [2.75, 3.05) is 6.61 Å². The number of nitrogens with one attached hydrogen (secondary N) is 2. The van der Waals surface area contributed by atoms with Crippen LogP contribution in [0.1, 0.15) is 34.6 Å². The molecule has 1 amide bonds. The monoisotopic (exact) mass is 296 g/mol. The van der Waals surface area contributed by atoms with E-state index in [4.69, 9.17) is 0 Å². The summed E-state index contributed by atoms with van der Waals surface area (Å²) in [5.74, 6) is -0.751. The van der Waals surface area contributed by atoms with Crippen LogP contribution in [0.4, 0.5) is 4.79 Å². The molecule has 0 bridgehead atoms. The van der Waals surface area contributed by atoms with Gasteiger partial charge in [-0.05, 0) is 34.6 Å². The molecule has 0 aliphatic heterocycles. The number of hydrogen-bond acceptors (Lipinski definition) is 6. The van der Waals surface area contributed by atoms with Crippen molar-refractivity contribution in [1.29, 1.82) is 0 Å². The van der Waals surface area contributed by atoms with Gasteiger partial charge in [0.2, 0.25) is 0 Å². The van der Waals surface area contributed by atoms with E-state index in [9.17, 15) is 18.0 Å². The van der Waals surface area contributed by atoms with Gasteiger partial charge in [-0.15, -0.1) is 0 Å². The molecule has 0 rings (SSSR count). The largest absolute Gasteiger partial charge is 0.463 e. The highest BCUT2D eigenvalue weighted by Gasteiger charge is 2.25. The molecule has 9 heteroatoms. The van der Waals surface area contributed by atoms with E-state index in [2.05, 4.69) is 14.2 Å². The van der Waals surface area contributed by atoms with Gasteiger partial charge in [0, 0.05) is 5.54 Å². The maximum Gasteiger partial charge on any atom is 0.422 e. The van der Waals surface area contributed by atoms with Crippen LogP contribution in [0.25, 0.3) is 0 Å². The number of rotatable bonds is 5. The minimum absolute atomic E-state index is 0.137. The Kier molecular flexibility index (Phi) is 6.23. The standard InChI is InChI=1S/C10H20N2O6S/c1-6-17-8(13)7(2)18-9(14)11-19(15,16)12-10(3,4)5/h7,12H,6H2,1-5H3,(H,11,14)/t7-/m0/s1. The molecule has 0 aliphatic carbocycles. The van der Waals surface area contributed by atoms with E-state index in [0.717, 1.165) is 0 Å². The molecule has 0 saturated carbocycles. The topological polar surface area (TPSA) is 111 Å². The molecule has 0 unspecified atom stereocenters. The lowest BCUT2D eigenvalue weighted by atomic mass is 10.1. The van der Waals surface area contributed by atoms with Crippen molar-refractivity contribution in [3.8, 4) is 0 Å². The molecule has 0 aromatic heterocycles. The zero-order valence-corrected chi connectivity index (χ0v) is 12.5. The Hall–Kier alpha value is -1.35. The molecular weight excluding hydrogens is 276 g/mol. The Morgan fingerprint density at radius 2 is 1.79 bits per heavy atom. The Morgan fingerprint density at radius 3 is 2.21 bits per heavy atom. The molecule has 2 N–H and O–H groups in total. The van der Waals surface area contributed by atoms with E-state index in [0.29, 0.717) is 0 Å². The van der Waals surface area contributed by atoms with E-state index in [-0.39, 0.29) is 6.61 Å². The Balaban J connectivity index is 4.43. The summed E-state index contributed by atoms with van der Waals surface area (Å²) in [4.78, 5) is 22.5. The fourth-order valence-electron chi connectivity index (χ4n) is 1.03. The van der Waals surface area contributed by atoms with Crippen LogP contribution >= 0.6 is 0 Å². The Morgan fingerprint density at radius 1 is 1.26 bits per heavy atom. The highest BCUT2D eigenvalue weighted by molar-refractivity contribution is 7.88. The van der Waals surface area contributed by atoms with Crippen LogP contribution in [0.3, 0.4) is 0 Å². The average molecular weight is 296 g/mol. The third kappa shape index (κ3) is 8.38. The van der Waals surface area contributed by atoms with Gasteiger partial charge in [-0.3, -0.25) is 0 Å². The van der Waals surface area contributed by atoms with Crippen LogP contribution in [0.2, 0.25) is 0 Å². The van der Waals surface area contributed by atoms with E-state index < -0.39 is 33.9 Å². The van der Waals surface area contributed by atoms with Crippen LogP contribution in [0, 0.1) is 0 Å². The molecule has 112 valence electrons. The lowest BCUT2D eigenvalue weighted by Gasteiger charge is -2.20. The summed E-state index contributed by atoms with van der Waals surface area (Å²) in [6.07, 6.45) is -2.44. The lowest BCUT2D eigenvalue weighted by molar-refractivity contribution is -0.152. The van der Waals surface area contributed by atoms with Gasteiger partial charge in [-0.1, -0.05) is 0 Å². The van der Waals surface area contributed by atoms with Crippen molar-refractivity contribution in [1.82, 2.24) is 9.44 Å². The van der Waals surface area contributed by atoms with Crippen molar-refractivity contribution >= 4 is 22.3 Å². The minimum atomic E-state index is -4.05. The predicted octanol–water partition coefficient (Wildman–Crippen LogP) is 0.297. The second kappa shape index (κ2) is 6.71. The SMILES string of the molecule is CCOC(=O)[C@H](C)OC(=O)NS(=O)(=O)NC(C)(C)C. The van der Waals surface area contributed by atoms with Crippen LogP contribution in [-0.2, 0) is 24.5 Å². The second-order valence-corrected chi connectivity index (χ2v) is 6.17. The summed E-state index contributed by atoms with van der Waals surface area (Å²) in [5, 5.41) is 0. The van der Waals surface area contributed by atoms with Crippen LogP contribution in [0.15, 0.2) is 0 Å². The maximum atomic E-state index is 11.5. The molecular formula is C10H20N2O6S. The first-order chi connectivity index (χ1) is 8.47. The molecule has 0 aromatic carbocycles. The molecule has 0 fully saturated rings. The van der Waals surface area contributed by atoms with Gasteiger partial charge < -0.3 is 9.47 Å². The number of ether oxygens (including phenoxy) is 2. The van der Waals surface area contributed by atoms with Gasteiger partial charge in [0.15, 0.2) is 6.10 Å². The van der Waals surface area contributed by atoms with Crippen LogP contribution in [-0.4, -0.2) is 38.7 Å². The van der Waals surface area contributed by atoms with Crippen LogP contribution in [0.5, 0.6) is 0 Å². The van der Waals surface area contributed by atoms with Gasteiger partial charge >= 0.3 is 22.3 Å². The fraction of sp³-hybridized carbons (Fsp3) is 0.800. The summed E-state index contributed by atoms with van der Waals surface area (Å²) in [6.45, 7) is 7.85. The molecule has 0 aliphatic rings. The summed E-state index contributed by atoms with van der Waals surface area (Å²) in [7, 11) is -4.05. The van der Waals surface area contributed by atoms with E-state index in [1.807, 2.05) is 0 Å². The van der Waals surface area contributed by atoms with Crippen molar-refractivity contribution in [3.05, 3.63) is 0 Å². The van der Waals surface area contributed by atoms with Gasteiger partial charge in [-0.25, -0.2) is 14.3 Å². The first-order valence-corrected chi connectivity index (χ1v) is 7.14. The van der Waals surface area contributed by atoms with Crippen molar-refractivity contribution in [3.63, 3.8) is 0 Å². The number of carbonyl (C=O) groups excluding carboxylic acids is 2. The van der Waals surface area contributed by atoms with Gasteiger partial charge in [-0.2, -0.15) is 13.1 Å². The minimum Gasteiger partial charge on any atom is -0.463 e. The molecule has 0 spiro atoms. The lowest BCUT2D eigenvalue weighted by Crippen LogP contribution is -2.49. The van der Waals surface area contributed by atoms with Crippen LogP contribution < -0.4 is 9.44 Å². The summed E-state index contributed by atoms with van der Waals surface area (Å²) < 4.78 is 36.0. The number of esters is 1. The first-order valence-electron chi connectivity index (χ1n) is 5.66. The van der Waals surface area contributed by atoms with E-state index >= 15 is 0 Å². The molecule has 0 heterocycles. The van der Waals surface area contributed by atoms with Crippen molar-refractivity contribution in [2.24, 2.45) is 0 Å². The Labute approximate surface area is 113 Å². The van der Waals surface area contributed by atoms with E-state index in [1.165, 1.54) is 6.92 Å². The molecule has 8 nitrogen and oxygen atoms in total. The molecule has 0 radical (unpaired) electrons. The number of amides is 1. The van der Waals surface area contributed by atoms with Crippen molar-refractivity contribution in [2.45, 2.75) is 46.3 Å². The van der Waals surface area contributed by atoms with E-state index in [1.54, 1.807) is 32.4 Å². The maximum absolute atomic E-state index is 11.5. The zero-order chi connectivity index (χ0) is 15.3. The summed E-state index contributed by atoms with van der Waals surface area (Å²) in [6, 6.07) is 0. The highest BCUT2D eigenvalue weighted by atomic mass is 32.2. The molecule has 19 heavy (non-hydrogen) atoms. The summed E-state index contributed by atoms with van der Waals surface area (Å²) in [5.41, 5.74) is -0.751. The predicted molar refractivity (Wildman–Crippen MR) is 67.5 cm³/mol. The molecule has 1 atom stereocenters. The molecule has 0 saturated heterocycles. The molecule has 0 aromatic rings. The summed E-state index contributed by atoms with van der Waals surface area (Å²) >= 11 is 0. The smallest absolute Gasteiger partial charge is 0.422 e. The van der Waals surface area contributed by atoms with Crippen molar-refractivity contribution < 1.29 is 27.5 Å². The Bertz CT molecular complexity index is 426. The number of hydrogen-bond donors (Lipinski definition) is 2. The normalized spacial score (nSPS) is 13.5. The second-order valence-electron chi connectivity index (χ2n) is 4.76. The van der Waals surface area contributed by atoms with Gasteiger partial charge in [0.25, 0.3) is 0 Å². The first kappa shape index (κ1) is 17.6. The third-order valence-electron chi connectivity index (χ3n) is 1.56. The third-order valence-corrected chi connectivity index (χ3v) is 2.88. The van der Waals surface area contributed by atoms with Gasteiger partial charge in [0.1, 0.15) is 0 Å². The highest BCUT2D eigenvalue weighted by Crippen LogP contribution is 2.01. The zero-order valence-electron chi connectivity index (χ0n) is 11.6.